The van der Waals surface area contributed by atoms with Crippen molar-refractivity contribution in [1.82, 2.24) is 5.32 Å². The smallest absolute Gasteiger partial charge is 0.308 e. The zero-order valence-corrected chi connectivity index (χ0v) is 11.7. The van der Waals surface area contributed by atoms with Crippen LogP contribution in [0.1, 0.15) is 21.7 Å². The molecule has 1 aromatic carbocycles. The molecular weight excluding hydrogens is 270 g/mol. The maximum Gasteiger partial charge on any atom is 0.308 e. The van der Waals surface area contributed by atoms with Crippen LogP contribution in [0.4, 0.5) is 0 Å². The largest absolute Gasteiger partial charge is 0.481 e. The number of hydrogen-bond donors (Lipinski definition) is 2. The lowest BCUT2D eigenvalue weighted by atomic mass is 9.96. The van der Waals surface area contributed by atoms with E-state index < -0.39 is 17.8 Å². The third-order valence-corrected chi connectivity index (χ3v) is 3.33. The van der Waals surface area contributed by atoms with E-state index in [1.54, 1.807) is 6.07 Å². The van der Waals surface area contributed by atoms with Gasteiger partial charge in [0.25, 0.3) is 5.91 Å². The number of aryl methyl sites for hydroxylation is 1. The third-order valence-electron chi connectivity index (χ3n) is 3.33. The molecule has 5 heteroatoms. The molecule has 1 atom stereocenters. The fourth-order valence-corrected chi connectivity index (χ4v) is 2.06. The minimum absolute atomic E-state index is 0.0587. The highest BCUT2D eigenvalue weighted by atomic mass is 16.4. The molecule has 0 unspecified atom stereocenters. The number of carboxylic acids is 1. The average molecular weight is 287 g/mol. The molecule has 0 saturated heterocycles. The first-order valence-corrected chi connectivity index (χ1v) is 6.67. The van der Waals surface area contributed by atoms with E-state index in [1.165, 1.54) is 12.3 Å². The molecule has 0 aliphatic carbocycles. The van der Waals surface area contributed by atoms with Gasteiger partial charge in [-0.3, -0.25) is 9.59 Å². The Morgan fingerprint density at radius 1 is 1.24 bits per heavy atom. The summed E-state index contributed by atoms with van der Waals surface area (Å²) in [5.41, 5.74) is 2.01. The van der Waals surface area contributed by atoms with Crippen molar-refractivity contribution in [3.05, 3.63) is 59.5 Å². The highest BCUT2D eigenvalue weighted by Crippen LogP contribution is 2.13. The van der Waals surface area contributed by atoms with Crippen molar-refractivity contribution in [2.24, 2.45) is 5.92 Å². The van der Waals surface area contributed by atoms with Crippen molar-refractivity contribution in [2.45, 2.75) is 13.3 Å². The fourth-order valence-electron chi connectivity index (χ4n) is 2.06. The fraction of sp³-hybridized carbons (Fsp3) is 0.250. The van der Waals surface area contributed by atoms with E-state index in [2.05, 4.69) is 5.32 Å². The van der Waals surface area contributed by atoms with E-state index in [-0.39, 0.29) is 12.3 Å². The highest BCUT2D eigenvalue weighted by molar-refractivity contribution is 5.91. The molecule has 0 aliphatic heterocycles. The number of aliphatic carboxylic acids is 1. The Morgan fingerprint density at radius 2 is 2.00 bits per heavy atom. The maximum atomic E-state index is 11.8. The molecule has 21 heavy (non-hydrogen) atoms. The number of amides is 1. The predicted molar refractivity (Wildman–Crippen MR) is 77.1 cm³/mol. The Bertz CT molecular complexity index is 619. The molecule has 1 amide bonds. The van der Waals surface area contributed by atoms with Gasteiger partial charge < -0.3 is 14.8 Å². The van der Waals surface area contributed by atoms with Gasteiger partial charge in [-0.1, -0.05) is 24.3 Å². The minimum Gasteiger partial charge on any atom is -0.481 e. The van der Waals surface area contributed by atoms with Crippen LogP contribution >= 0.6 is 0 Å². The SMILES string of the molecule is Cc1ccccc1C[C@H](CNC(=O)c1ccco1)C(=O)O. The number of hydrogen-bond acceptors (Lipinski definition) is 3. The summed E-state index contributed by atoms with van der Waals surface area (Å²) in [5, 5.41) is 11.9. The zero-order chi connectivity index (χ0) is 15.2. The lowest BCUT2D eigenvalue weighted by Crippen LogP contribution is -2.34. The van der Waals surface area contributed by atoms with Gasteiger partial charge in [0, 0.05) is 6.54 Å². The second-order valence-electron chi connectivity index (χ2n) is 4.85. The molecular formula is C16H17NO4. The molecule has 0 bridgehead atoms. The van der Waals surface area contributed by atoms with Gasteiger partial charge in [0.1, 0.15) is 0 Å². The first kappa shape index (κ1) is 14.8. The summed E-state index contributed by atoms with van der Waals surface area (Å²) >= 11 is 0. The van der Waals surface area contributed by atoms with Crippen LogP contribution in [0.5, 0.6) is 0 Å². The Labute approximate surface area is 122 Å². The molecule has 110 valence electrons. The second-order valence-corrected chi connectivity index (χ2v) is 4.85. The van der Waals surface area contributed by atoms with Crippen molar-refractivity contribution in [3.63, 3.8) is 0 Å². The van der Waals surface area contributed by atoms with E-state index in [4.69, 9.17) is 4.42 Å². The van der Waals surface area contributed by atoms with Gasteiger partial charge in [-0.15, -0.1) is 0 Å². The number of carbonyl (C=O) groups is 2. The minimum atomic E-state index is -0.932. The molecule has 0 spiro atoms. The molecule has 2 N–H and O–H groups in total. The Hall–Kier alpha value is -2.56. The normalized spacial score (nSPS) is 11.9. The number of rotatable bonds is 6. The number of nitrogens with one attached hydrogen (secondary N) is 1. The van der Waals surface area contributed by atoms with Crippen LogP contribution in [0, 0.1) is 12.8 Å². The van der Waals surface area contributed by atoms with Crippen molar-refractivity contribution in [1.29, 1.82) is 0 Å². The van der Waals surface area contributed by atoms with Gasteiger partial charge >= 0.3 is 5.97 Å². The van der Waals surface area contributed by atoms with Gasteiger partial charge in [-0.2, -0.15) is 0 Å². The second kappa shape index (κ2) is 6.74. The molecule has 2 rings (SSSR count). The van der Waals surface area contributed by atoms with E-state index in [9.17, 15) is 14.7 Å². The summed E-state index contributed by atoms with van der Waals surface area (Å²) in [4.78, 5) is 23.1. The van der Waals surface area contributed by atoms with Gasteiger partial charge in [0.2, 0.25) is 0 Å². The van der Waals surface area contributed by atoms with E-state index in [0.717, 1.165) is 11.1 Å². The molecule has 0 saturated carbocycles. The van der Waals surface area contributed by atoms with E-state index in [1.807, 2.05) is 31.2 Å². The van der Waals surface area contributed by atoms with E-state index in [0.29, 0.717) is 6.42 Å². The summed E-state index contributed by atoms with van der Waals surface area (Å²) in [5.74, 6) is -1.84. The summed E-state index contributed by atoms with van der Waals surface area (Å²) in [6.07, 6.45) is 1.78. The molecule has 1 aromatic heterocycles. The van der Waals surface area contributed by atoms with Crippen LogP contribution in [-0.4, -0.2) is 23.5 Å². The standard InChI is InChI=1S/C16H17NO4/c1-11-5-2-3-6-12(11)9-13(16(19)20)10-17-15(18)14-7-4-8-21-14/h2-8,13H,9-10H2,1H3,(H,17,18)(H,19,20)/t13-/m1/s1. The van der Waals surface area contributed by atoms with Crippen LogP contribution in [0.2, 0.25) is 0 Å². The summed E-state index contributed by atoms with van der Waals surface area (Å²) in [6.45, 7) is 2.00. The van der Waals surface area contributed by atoms with Crippen molar-refractivity contribution < 1.29 is 19.1 Å². The Balaban J connectivity index is 1.98. The van der Waals surface area contributed by atoms with Gasteiger partial charge in [0.05, 0.1) is 12.2 Å². The van der Waals surface area contributed by atoms with Crippen LogP contribution < -0.4 is 5.32 Å². The molecule has 5 nitrogen and oxygen atoms in total. The first-order valence-electron chi connectivity index (χ1n) is 6.67. The molecule has 1 heterocycles. The molecule has 0 radical (unpaired) electrons. The third kappa shape index (κ3) is 3.95. The van der Waals surface area contributed by atoms with Crippen LogP contribution in [-0.2, 0) is 11.2 Å². The molecule has 0 aliphatic rings. The molecule has 2 aromatic rings. The molecule has 0 fully saturated rings. The van der Waals surface area contributed by atoms with Gasteiger partial charge in [-0.05, 0) is 36.6 Å². The maximum absolute atomic E-state index is 11.8. The Kier molecular flexibility index (Phi) is 4.77. The van der Waals surface area contributed by atoms with Gasteiger partial charge in [0.15, 0.2) is 5.76 Å². The quantitative estimate of drug-likeness (QED) is 0.854. The lowest BCUT2D eigenvalue weighted by Gasteiger charge is -2.14. The number of carbonyl (C=O) groups excluding carboxylic acids is 1. The topological polar surface area (TPSA) is 79.5 Å². The zero-order valence-electron chi connectivity index (χ0n) is 11.7. The Morgan fingerprint density at radius 3 is 2.62 bits per heavy atom. The van der Waals surface area contributed by atoms with Crippen molar-refractivity contribution in [3.8, 4) is 0 Å². The van der Waals surface area contributed by atoms with Crippen LogP contribution in [0.25, 0.3) is 0 Å². The number of carboxylic acid groups (broad SMARTS) is 1. The average Bonchev–Trinajstić information content (AvgIpc) is 2.99. The predicted octanol–water partition coefficient (Wildman–Crippen LogP) is 2.26. The highest BCUT2D eigenvalue weighted by Gasteiger charge is 2.20. The van der Waals surface area contributed by atoms with Crippen LogP contribution in [0.3, 0.4) is 0 Å². The summed E-state index contributed by atoms with van der Waals surface area (Å²) in [6, 6.07) is 10.8. The number of benzene rings is 1. The summed E-state index contributed by atoms with van der Waals surface area (Å²) in [7, 11) is 0. The van der Waals surface area contributed by atoms with Crippen molar-refractivity contribution >= 4 is 11.9 Å². The van der Waals surface area contributed by atoms with Crippen molar-refractivity contribution in [2.75, 3.05) is 6.54 Å². The van der Waals surface area contributed by atoms with E-state index >= 15 is 0 Å². The summed E-state index contributed by atoms with van der Waals surface area (Å²) < 4.78 is 4.97. The van der Waals surface area contributed by atoms with Gasteiger partial charge in [-0.25, -0.2) is 0 Å². The monoisotopic (exact) mass is 287 g/mol. The lowest BCUT2D eigenvalue weighted by molar-refractivity contribution is -0.141. The van der Waals surface area contributed by atoms with Crippen LogP contribution in [0.15, 0.2) is 47.1 Å². The first-order chi connectivity index (χ1) is 10.1. The number of furan rings is 1.